The van der Waals surface area contributed by atoms with Gasteiger partial charge in [0.2, 0.25) is 17.2 Å². The smallest absolute Gasteiger partial charge is 0.355 e. The Morgan fingerprint density at radius 2 is 1.42 bits per heavy atom. The molecule has 6 N–H and O–H groups in total. The number of nitrogens with one attached hydrogen (secondary N) is 2. The van der Waals surface area contributed by atoms with Crippen LogP contribution in [0.2, 0.25) is 0 Å². The van der Waals surface area contributed by atoms with Gasteiger partial charge >= 0.3 is 17.1 Å². The van der Waals surface area contributed by atoms with Crippen LogP contribution in [0.4, 0.5) is 16.8 Å². The molecule has 9 rings (SSSR count). The van der Waals surface area contributed by atoms with Crippen LogP contribution in [0.5, 0.6) is 5.75 Å². The van der Waals surface area contributed by atoms with Crippen LogP contribution in [0.1, 0.15) is 73.7 Å². The Morgan fingerprint density at radius 3 is 1.99 bits per heavy atom. The van der Waals surface area contributed by atoms with E-state index in [4.69, 9.17) is 35.5 Å². The van der Waals surface area contributed by atoms with Gasteiger partial charge in [-0.3, -0.25) is 14.5 Å². The van der Waals surface area contributed by atoms with Gasteiger partial charge in [0, 0.05) is 16.9 Å². The van der Waals surface area contributed by atoms with Crippen molar-refractivity contribution >= 4 is 81.1 Å². The number of amides is 2. The fourth-order valence-electron chi connectivity index (χ4n) is 9.27. The molecule has 21 heteroatoms. The van der Waals surface area contributed by atoms with Crippen LogP contribution < -0.4 is 43.8 Å². The number of hydrogen-bond acceptors (Lipinski definition) is 17. The van der Waals surface area contributed by atoms with Crippen molar-refractivity contribution in [3.8, 4) is 11.4 Å². The van der Waals surface area contributed by atoms with E-state index in [-0.39, 0.29) is 53.4 Å². The van der Waals surface area contributed by atoms with Crippen LogP contribution in [-0.2, 0) is 45.6 Å². The van der Waals surface area contributed by atoms with E-state index in [9.17, 15) is 19.2 Å². The van der Waals surface area contributed by atoms with Gasteiger partial charge in [-0.1, -0.05) is 131 Å². The highest BCUT2D eigenvalue weighted by Gasteiger charge is 2.55. The van der Waals surface area contributed by atoms with Crippen LogP contribution in [0.25, 0.3) is 5.69 Å². The van der Waals surface area contributed by atoms with E-state index < -0.39 is 51.9 Å². The topological polar surface area (TPSA) is 227 Å². The number of halogens is 1. The van der Waals surface area contributed by atoms with E-state index in [2.05, 4.69) is 20.8 Å². The van der Waals surface area contributed by atoms with E-state index in [1.165, 1.54) is 53.6 Å². The number of nitrogen functional groups attached to an aromatic ring is 2. The first-order valence-electron chi connectivity index (χ1n) is 25.6. The maximum absolute atomic E-state index is 14.9. The maximum atomic E-state index is 14.9. The van der Waals surface area contributed by atoms with Crippen molar-refractivity contribution in [1.29, 1.82) is 0 Å². The molecule has 17 nitrogen and oxygen atoms in total. The van der Waals surface area contributed by atoms with Crippen LogP contribution in [-0.4, -0.2) is 85.6 Å². The Morgan fingerprint density at radius 1 is 0.827 bits per heavy atom. The number of benzene rings is 5. The second kappa shape index (κ2) is 24.8. The highest BCUT2D eigenvalue weighted by Crippen LogP contribution is 2.43. The molecule has 0 radical (unpaired) electrons. The number of aryl methyl sites for hydroxylation is 2. The average Bonchev–Trinajstić information content (AvgIpc) is 4.06. The summed E-state index contributed by atoms with van der Waals surface area (Å²) in [6.45, 7) is 12.0. The fraction of sp³-hybridized carbons (Fsp3) is 0.267. The minimum absolute atomic E-state index is 0. The molecular weight excluding hydrogens is 1110 g/mol. The number of methoxy groups -OCH3 is 1. The summed E-state index contributed by atoms with van der Waals surface area (Å²) in [5.41, 5.74) is 16.1. The number of carbonyl (C=O) groups is 4. The number of ether oxygens (including phenoxy) is 3. The van der Waals surface area contributed by atoms with Crippen LogP contribution >= 0.6 is 34.9 Å². The molecular formula is C60H62ClN9O8S3. The average molecular weight is 1170 g/mol. The lowest BCUT2D eigenvalue weighted by Crippen LogP contribution is -3.00. The summed E-state index contributed by atoms with van der Waals surface area (Å²) in [5.74, 6) is -1.18. The van der Waals surface area contributed by atoms with Gasteiger partial charge in [-0.2, -0.15) is 4.57 Å². The third-order valence-corrected chi connectivity index (χ3v) is 16.3. The van der Waals surface area contributed by atoms with Crippen LogP contribution in [0.15, 0.2) is 166 Å². The number of thioether (sulfide) groups is 2. The Balaban J connectivity index is 0.00000860. The van der Waals surface area contributed by atoms with Crippen LogP contribution in [0, 0.1) is 13.8 Å². The molecule has 2 aromatic heterocycles. The molecule has 0 aliphatic carbocycles. The molecule has 1 fully saturated rings. The predicted molar refractivity (Wildman–Crippen MR) is 312 cm³/mol. The zero-order valence-electron chi connectivity index (χ0n) is 45.9. The highest BCUT2D eigenvalue weighted by molar-refractivity contribution is 8.01. The Labute approximate surface area is 489 Å². The summed E-state index contributed by atoms with van der Waals surface area (Å²) in [7, 11) is 1.56. The molecule has 2 aliphatic rings. The summed E-state index contributed by atoms with van der Waals surface area (Å²) < 4.78 is 18.8. The Kier molecular flexibility index (Phi) is 18.2. The lowest BCUT2D eigenvalue weighted by molar-refractivity contribution is -0.626. The van der Waals surface area contributed by atoms with E-state index in [1.807, 2.05) is 128 Å². The molecule has 0 spiro atoms. The van der Waals surface area contributed by atoms with Crippen LogP contribution in [0.3, 0.4) is 0 Å². The first-order chi connectivity index (χ1) is 38.3. The van der Waals surface area contributed by atoms with E-state index in [0.29, 0.717) is 33.0 Å². The number of thiazole rings is 1. The van der Waals surface area contributed by atoms with Crippen molar-refractivity contribution in [2.75, 3.05) is 35.4 Å². The normalized spacial score (nSPS) is 15.4. The number of hydrogen-bond donors (Lipinski definition) is 4. The summed E-state index contributed by atoms with van der Waals surface area (Å²) in [4.78, 5) is 74.5. The van der Waals surface area contributed by atoms with Gasteiger partial charge in [0.25, 0.3) is 11.8 Å². The number of para-hydroxylation sites is 1. The largest absolute Gasteiger partial charge is 1.00 e. The summed E-state index contributed by atoms with van der Waals surface area (Å²) in [5, 5.41) is 12.7. The molecule has 5 aromatic carbocycles. The number of rotatable bonds is 19. The lowest BCUT2D eigenvalue weighted by Gasteiger charge is -2.49. The van der Waals surface area contributed by atoms with Crippen molar-refractivity contribution < 1.29 is 55.2 Å². The second-order valence-electron chi connectivity index (χ2n) is 20.5. The summed E-state index contributed by atoms with van der Waals surface area (Å²) >= 11 is 3.90. The summed E-state index contributed by atoms with van der Waals surface area (Å²) in [6, 6.07) is 43.4. The molecule has 7 aromatic rings. The van der Waals surface area contributed by atoms with E-state index >= 15 is 0 Å². The number of anilines is 3. The second-order valence-corrected chi connectivity index (χ2v) is 23.5. The molecule has 4 heterocycles. The first kappa shape index (κ1) is 59.2. The van der Waals surface area contributed by atoms with Gasteiger partial charge in [0.05, 0.1) is 13.2 Å². The molecule has 2 aliphatic heterocycles. The minimum Gasteiger partial charge on any atom is -1.00 e. The zero-order valence-corrected chi connectivity index (χ0v) is 49.1. The van der Waals surface area contributed by atoms with Crippen molar-refractivity contribution in [3.63, 3.8) is 0 Å². The highest BCUT2D eigenvalue weighted by atomic mass is 35.5. The summed E-state index contributed by atoms with van der Waals surface area (Å²) in [6.07, 6.45) is 0. The number of carbonyl (C=O) groups excluding carboxylic acids is 4. The quantitative estimate of drug-likeness (QED) is 0.0106. The molecule has 2 amide bonds. The monoisotopic (exact) mass is 1170 g/mol. The van der Waals surface area contributed by atoms with Gasteiger partial charge in [-0.25, -0.2) is 14.6 Å². The molecule has 0 saturated carbocycles. The molecule has 0 bridgehead atoms. The number of oxime groups is 1. The van der Waals surface area contributed by atoms with Crippen molar-refractivity contribution in [2.45, 2.75) is 88.4 Å². The number of aromatic nitrogens is 3. The van der Waals surface area contributed by atoms with Crippen molar-refractivity contribution in [2.24, 2.45) is 5.16 Å². The van der Waals surface area contributed by atoms with Crippen molar-refractivity contribution in [1.82, 2.24) is 20.2 Å². The maximum Gasteiger partial charge on any atom is 0.355 e. The predicted octanol–water partition coefficient (Wildman–Crippen LogP) is 6.04. The van der Waals surface area contributed by atoms with Gasteiger partial charge in [0.1, 0.15) is 52.0 Å². The minimum atomic E-state index is -1.67. The third-order valence-electron chi connectivity index (χ3n) is 13.2. The molecule has 1 saturated heterocycles. The number of β-lactam (4-membered cyclic amide) rings is 1. The molecule has 81 heavy (non-hydrogen) atoms. The molecule has 420 valence electrons. The van der Waals surface area contributed by atoms with Crippen molar-refractivity contribution in [3.05, 3.63) is 195 Å². The fourth-order valence-corrected chi connectivity index (χ4v) is 12.5. The Bertz CT molecular complexity index is 3390. The van der Waals surface area contributed by atoms with Gasteiger partial charge < -0.3 is 53.6 Å². The zero-order chi connectivity index (χ0) is 56.9. The van der Waals surface area contributed by atoms with E-state index in [1.54, 1.807) is 63.6 Å². The first-order valence-corrected chi connectivity index (χ1v) is 28.5. The number of nitrogens with zero attached hydrogens (tertiary/aromatic N) is 5. The van der Waals surface area contributed by atoms with Gasteiger partial charge in [-0.15, -0.1) is 23.1 Å². The Hall–Kier alpha value is -7.91. The van der Waals surface area contributed by atoms with Gasteiger partial charge in [0.15, 0.2) is 10.8 Å². The number of esters is 2. The molecule has 2 unspecified atom stereocenters. The standard InChI is InChI=1S/C60H61N9O8S3.ClH/c1-36-19-18-20-37(2)49(36)68-46(62)31-45(61)64-57(68)80-34-39-33-78-53-48(52(71)69(53)50(39)54(72)75-32-38-27-29-43(74-8)30-28-38)65-51(70)47(67-77-59(6,7)55(73)76-58(3,4)5)44-35-79-56(63-44)66-60(40-21-12-9-13-22-40,41-23-14-10-15-24-41)42-25-16-11-17-26-42;/h9-31,35,48,53H,32-34H2,1-8H3,(H5,61,62,63,65,66,70);1H/b67-47-;. The lowest BCUT2D eigenvalue weighted by atomic mass is 9.77. The third kappa shape index (κ3) is 12.8. The number of fused-ring (bicyclic) bond motifs is 1. The van der Waals surface area contributed by atoms with Gasteiger partial charge in [-0.05, 0) is 111 Å². The number of nitrogens with two attached hydrogens (primary N) is 2. The molecule has 2 atom stereocenters. The van der Waals surface area contributed by atoms with E-state index in [0.717, 1.165) is 33.5 Å². The SMILES string of the molecule is COc1ccc(COC(=O)C2=C(CSc3nc(N)cc(N)[n+]3-c3c(C)cccc3C)CSC3C(NC(=O)/C(=N\OC(C)(C)C(=O)OC(C)(C)C)c4csc(NC(c5ccccc5)(c5ccccc5)c5ccccc5)n4)C(=O)N23)cc1.[Cl-].